The lowest BCUT2D eigenvalue weighted by molar-refractivity contribution is -0.131. The number of carboxylic acids is 1. The predicted molar refractivity (Wildman–Crippen MR) is 271 cm³/mol. The van der Waals surface area contributed by atoms with Gasteiger partial charge in [0.05, 0.1) is 12.4 Å². The second-order valence-corrected chi connectivity index (χ2v) is 19.6. The number of hydrogen-bond acceptors (Lipinski definition) is 14. The number of anilines is 4. The number of aliphatic carboxylic acids is 1. The van der Waals surface area contributed by atoms with Crippen LogP contribution in [-0.2, 0) is 19.1 Å². The maximum absolute atomic E-state index is 12.2. The summed E-state index contributed by atoms with van der Waals surface area (Å²) < 4.78 is 14.6. The van der Waals surface area contributed by atoms with E-state index in [0.717, 1.165) is 131 Å². The minimum Gasteiger partial charge on any atom is -0.478 e. The highest BCUT2D eigenvalue weighted by atomic mass is 79.9. The highest BCUT2D eigenvalue weighted by Gasteiger charge is 2.24. The Bertz CT molecular complexity index is 2210. The van der Waals surface area contributed by atoms with E-state index in [2.05, 4.69) is 91.0 Å². The number of nitrogens with one attached hydrogen (secondary N) is 4. The number of aromatic nitrogens is 8. The number of allylic oxidation sites excluding steroid dienone is 2. The van der Waals surface area contributed by atoms with Gasteiger partial charge in [0.15, 0.2) is 11.3 Å². The van der Waals surface area contributed by atoms with Crippen LogP contribution in [-0.4, -0.2) is 136 Å². The Hall–Kier alpha value is -4.40. The first-order valence-electron chi connectivity index (χ1n) is 24.2. The normalized spacial score (nSPS) is 18.1. The van der Waals surface area contributed by atoms with Crippen molar-refractivity contribution in [2.45, 2.75) is 122 Å². The van der Waals surface area contributed by atoms with Gasteiger partial charge in [-0.05, 0) is 81.1 Å². The summed E-state index contributed by atoms with van der Waals surface area (Å²) in [5, 5.41) is 32.5. The zero-order valence-electron chi connectivity index (χ0n) is 39.6. The van der Waals surface area contributed by atoms with Crippen molar-refractivity contribution in [3.8, 4) is 0 Å². The second kappa shape index (κ2) is 27.0. The Morgan fingerprint density at radius 2 is 1.12 bits per heavy atom. The molecule has 18 nitrogen and oxygen atoms in total. The lowest BCUT2D eigenvalue weighted by Crippen LogP contribution is -2.39. The number of nitrogens with zero attached hydrogens (tertiary/aromatic N) is 9. The van der Waals surface area contributed by atoms with Gasteiger partial charge in [-0.15, -0.1) is 0 Å². The van der Waals surface area contributed by atoms with E-state index in [4.69, 9.17) is 34.5 Å². The summed E-state index contributed by atoms with van der Waals surface area (Å²) in [7, 11) is 0. The minimum absolute atomic E-state index is 0.0972. The topological polar surface area (TPSA) is 210 Å². The quantitative estimate of drug-likeness (QED) is 0.0528. The number of alkyl halides is 2. The van der Waals surface area contributed by atoms with Crippen LogP contribution in [0.25, 0.3) is 11.3 Å². The van der Waals surface area contributed by atoms with Crippen molar-refractivity contribution in [1.82, 2.24) is 44.1 Å². The first-order valence-corrected chi connectivity index (χ1v) is 26.4. The summed E-state index contributed by atoms with van der Waals surface area (Å²) in [4.78, 5) is 42.9. The number of hydrogen-bond donors (Lipinski definition) is 5. The Kier molecular flexibility index (Phi) is 20.9. The van der Waals surface area contributed by atoms with Gasteiger partial charge in [-0.25, -0.2) is 4.79 Å². The molecule has 5 N–H and O–H groups in total. The molecule has 1 saturated carbocycles. The molecule has 0 unspecified atom stereocenters. The first kappa shape index (κ1) is 52.0. The molecule has 0 atom stereocenters. The predicted octanol–water partition coefficient (Wildman–Crippen LogP) is 8.29. The van der Waals surface area contributed by atoms with Gasteiger partial charge in [0.1, 0.15) is 0 Å². The molecule has 3 aliphatic heterocycles. The van der Waals surface area contributed by atoms with E-state index >= 15 is 0 Å². The third-order valence-corrected chi connectivity index (χ3v) is 13.3. The fourth-order valence-electron chi connectivity index (χ4n) is 8.63. The molecule has 1 amide bonds. The smallest absolute Gasteiger partial charge is 0.328 e. The molecule has 7 heterocycles. The van der Waals surface area contributed by atoms with Crippen molar-refractivity contribution in [2.75, 3.05) is 84.5 Å². The Morgan fingerprint density at radius 3 is 1.54 bits per heavy atom. The summed E-state index contributed by atoms with van der Waals surface area (Å²) in [6.07, 6.45) is 22.5. The lowest BCUT2D eigenvalue weighted by Gasteiger charge is -2.31. The van der Waals surface area contributed by atoms with Gasteiger partial charge in [0.2, 0.25) is 29.7 Å². The van der Waals surface area contributed by atoms with E-state index in [1.807, 2.05) is 32.4 Å². The average Bonchev–Trinajstić information content (AvgIpc) is 3.98. The molecule has 0 aromatic carbocycles. The van der Waals surface area contributed by atoms with E-state index in [9.17, 15) is 9.59 Å². The molecule has 20 heteroatoms. The monoisotopic (exact) mass is 1060 g/mol. The highest BCUT2D eigenvalue weighted by molar-refractivity contribution is 9.09. The molecule has 368 valence electrons. The second-order valence-electron chi connectivity index (χ2n) is 18.3. The van der Waals surface area contributed by atoms with E-state index < -0.39 is 5.97 Å². The Balaban J connectivity index is 0.000000196. The van der Waals surface area contributed by atoms with Crippen molar-refractivity contribution < 1.29 is 24.2 Å². The van der Waals surface area contributed by atoms with Crippen molar-refractivity contribution in [1.29, 1.82) is 0 Å². The standard InChI is InChI=1S/C23H34BrN7O2.C20H32N6O.C4H5BrO2/c1-16(2)19-15-26-31-21(19)28-22(27-18-7-12-33-13-8-18)29-23(31)25-14-17-5-10-30(11-6-17)20(32)4-3-9-24;1-14(2)17-13-22-26-18(17)24-19(23-16-8-10-27-11-9-16)25-20(26)21-12-15-6-4-3-5-7-15;5-3-1-2-4(6)7/h3-4,15-18H,5-14H2,1-2H3,(H2,25,27,28,29);13-16H,3-12H2,1-2H3,(H2,21,23,24,25);1-2H,3H2,(H,6,7)/b4-3+;;2-1+. The van der Waals surface area contributed by atoms with E-state index in [1.54, 1.807) is 6.08 Å². The molecule has 4 aliphatic rings. The molecular weight excluding hydrogens is 986 g/mol. The van der Waals surface area contributed by atoms with Gasteiger partial charge in [-0.3, -0.25) is 4.79 Å². The zero-order chi connectivity index (χ0) is 47.5. The Labute approximate surface area is 411 Å². The van der Waals surface area contributed by atoms with Crippen LogP contribution in [0.1, 0.15) is 121 Å². The molecule has 4 fully saturated rings. The summed E-state index contributed by atoms with van der Waals surface area (Å²) >= 11 is 6.35. The van der Waals surface area contributed by atoms with Crippen molar-refractivity contribution in [2.24, 2.45) is 11.8 Å². The van der Waals surface area contributed by atoms with Crippen molar-refractivity contribution in [3.05, 3.63) is 47.8 Å². The largest absolute Gasteiger partial charge is 0.478 e. The molecule has 4 aromatic rings. The molecular formula is C47H71Br2N13O5. The molecule has 8 rings (SSSR count). The molecule has 0 bridgehead atoms. The average molecular weight is 1060 g/mol. The lowest BCUT2D eigenvalue weighted by atomic mass is 9.89. The van der Waals surface area contributed by atoms with E-state index in [1.165, 1.54) is 38.2 Å². The third-order valence-electron chi connectivity index (χ3n) is 12.6. The fraction of sp³-hybridized carbons (Fsp3) is 0.660. The van der Waals surface area contributed by atoms with Gasteiger partial charge in [0, 0.05) is 92.6 Å². The van der Waals surface area contributed by atoms with E-state index in [-0.39, 0.29) is 5.91 Å². The number of likely N-dealkylation sites (tertiary alicyclic amines) is 1. The number of carboxylic acid groups (broad SMARTS) is 1. The number of carbonyl (C=O) groups excluding carboxylic acids is 1. The van der Waals surface area contributed by atoms with Crippen molar-refractivity contribution in [3.63, 3.8) is 0 Å². The van der Waals surface area contributed by atoms with Crippen LogP contribution in [0.15, 0.2) is 36.7 Å². The Morgan fingerprint density at radius 1 is 0.672 bits per heavy atom. The maximum atomic E-state index is 12.2. The fourth-order valence-corrected chi connectivity index (χ4v) is 9.00. The molecule has 0 spiro atoms. The number of ether oxygens (including phenoxy) is 2. The van der Waals surface area contributed by atoms with Crippen LogP contribution in [0.3, 0.4) is 0 Å². The van der Waals surface area contributed by atoms with Crippen LogP contribution in [0.4, 0.5) is 23.8 Å². The minimum atomic E-state index is -0.903. The van der Waals surface area contributed by atoms with Gasteiger partial charge in [-0.1, -0.05) is 91.0 Å². The van der Waals surface area contributed by atoms with Crippen molar-refractivity contribution >= 4 is 78.8 Å². The van der Waals surface area contributed by atoms with Crippen LogP contribution >= 0.6 is 31.9 Å². The number of amides is 1. The van der Waals surface area contributed by atoms with Crippen LogP contribution < -0.4 is 21.3 Å². The summed E-state index contributed by atoms with van der Waals surface area (Å²) in [6, 6.07) is 0.692. The highest BCUT2D eigenvalue weighted by Crippen LogP contribution is 2.27. The van der Waals surface area contributed by atoms with Crippen LogP contribution in [0.5, 0.6) is 0 Å². The van der Waals surface area contributed by atoms with Crippen LogP contribution in [0.2, 0.25) is 0 Å². The van der Waals surface area contributed by atoms with Gasteiger partial charge < -0.3 is 40.7 Å². The molecule has 67 heavy (non-hydrogen) atoms. The molecule has 1 aliphatic carbocycles. The van der Waals surface area contributed by atoms with Gasteiger partial charge >= 0.3 is 5.97 Å². The number of fused-ring (bicyclic) bond motifs is 2. The van der Waals surface area contributed by atoms with Gasteiger partial charge in [-0.2, -0.15) is 39.2 Å². The summed E-state index contributed by atoms with van der Waals surface area (Å²) in [5.41, 5.74) is 4.02. The molecule has 0 radical (unpaired) electrons. The summed E-state index contributed by atoms with van der Waals surface area (Å²) in [5.74, 6) is 3.94. The number of halogens is 2. The summed E-state index contributed by atoms with van der Waals surface area (Å²) in [6.45, 7) is 15.1. The number of carbonyl (C=O) groups is 2. The zero-order valence-corrected chi connectivity index (χ0v) is 42.8. The van der Waals surface area contributed by atoms with Crippen LogP contribution in [0, 0.1) is 11.8 Å². The maximum Gasteiger partial charge on any atom is 0.328 e. The van der Waals surface area contributed by atoms with E-state index in [0.29, 0.717) is 58.3 Å². The number of rotatable bonds is 16. The SMILES string of the molecule is CC(C)c1cnn2c(NCC3CCCCC3)nc(NC3CCOCC3)nc12.CC(C)c1cnn2c(NCC3CCN(C(=O)/C=C/CBr)CC3)nc(NC3CCOCC3)nc12.O=C(O)/C=C/CBr. The third kappa shape index (κ3) is 15.8. The molecule has 3 saturated heterocycles. The van der Waals surface area contributed by atoms with Gasteiger partial charge in [0.25, 0.3) is 0 Å². The first-order chi connectivity index (χ1) is 32.5. The number of piperidine rings is 1. The molecule has 4 aromatic heterocycles.